The Kier molecular flexibility index (Phi) is 6.44. The molecule has 0 aliphatic carbocycles. The first-order valence-corrected chi connectivity index (χ1v) is 8.11. The maximum absolute atomic E-state index is 13.6. The minimum atomic E-state index is -0.253. The van der Waals surface area contributed by atoms with Gasteiger partial charge in [-0.05, 0) is 31.0 Å². The molecule has 1 amide bonds. The van der Waals surface area contributed by atoms with Crippen molar-refractivity contribution < 1.29 is 9.18 Å². The number of nitrogens with one attached hydrogen (secondary N) is 2. The fraction of sp³-hybridized carbons (Fsp3) is 0.400. The predicted octanol–water partition coefficient (Wildman–Crippen LogP) is 2.63. The van der Waals surface area contributed by atoms with Crippen LogP contribution in [0.5, 0.6) is 0 Å². The molecular formula is C15H18ClFN4OS. The minimum Gasteiger partial charge on any atom is -0.316 e. The van der Waals surface area contributed by atoms with Crippen LogP contribution in [0.25, 0.3) is 0 Å². The van der Waals surface area contributed by atoms with Crippen LogP contribution in [0.2, 0.25) is 0 Å². The molecule has 124 valence electrons. The third-order valence-electron chi connectivity index (χ3n) is 3.66. The number of halogens is 2. The second-order valence-electron chi connectivity index (χ2n) is 5.30. The lowest BCUT2D eigenvalue weighted by Crippen LogP contribution is -2.37. The Bertz CT molecular complexity index is 660. The topological polar surface area (TPSA) is 66.9 Å². The van der Waals surface area contributed by atoms with Gasteiger partial charge in [0.1, 0.15) is 10.8 Å². The SMILES string of the molecule is Cl.O=C(Nc1nnc(Cc2ccccc2F)s1)C1CCCNC1. The smallest absolute Gasteiger partial charge is 0.230 e. The number of anilines is 1. The number of amides is 1. The predicted molar refractivity (Wildman–Crippen MR) is 90.6 cm³/mol. The number of piperidine rings is 1. The van der Waals surface area contributed by atoms with Crippen molar-refractivity contribution in [2.24, 2.45) is 5.92 Å². The van der Waals surface area contributed by atoms with Gasteiger partial charge in [0.2, 0.25) is 11.0 Å². The van der Waals surface area contributed by atoms with Crippen LogP contribution in [-0.2, 0) is 11.2 Å². The summed E-state index contributed by atoms with van der Waals surface area (Å²) in [5.74, 6) is -0.301. The van der Waals surface area contributed by atoms with Crippen molar-refractivity contribution >= 4 is 34.8 Å². The van der Waals surface area contributed by atoms with E-state index in [-0.39, 0.29) is 30.0 Å². The molecule has 8 heteroatoms. The number of benzene rings is 1. The van der Waals surface area contributed by atoms with Gasteiger partial charge < -0.3 is 10.6 Å². The first kappa shape index (κ1) is 17.8. The highest BCUT2D eigenvalue weighted by Crippen LogP contribution is 2.21. The zero-order valence-corrected chi connectivity index (χ0v) is 14.1. The van der Waals surface area contributed by atoms with Gasteiger partial charge in [0.15, 0.2) is 0 Å². The van der Waals surface area contributed by atoms with E-state index in [1.165, 1.54) is 17.4 Å². The highest BCUT2D eigenvalue weighted by molar-refractivity contribution is 7.15. The Labute approximate surface area is 144 Å². The summed E-state index contributed by atoms with van der Waals surface area (Å²) in [7, 11) is 0. The number of hydrogen-bond acceptors (Lipinski definition) is 5. The van der Waals surface area contributed by atoms with Gasteiger partial charge in [0, 0.05) is 13.0 Å². The van der Waals surface area contributed by atoms with Crippen molar-refractivity contribution in [1.29, 1.82) is 0 Å². The standard InChI is InChI=1S/C15H17FN4OS.ClH/c16-12-6-2-1-4-10(12)8-13-19-20-15(22-13)18-14(21)11-5-3-7-17-9-11;/h1-2,4,6,11,17H,3,5,7-9H2,(H,18,20,21);1H. The Morgan fingerprint density at radius 1 is 1.39 bits per heavy atom. The third-order valence-corrected chi connectivity index (χ3v) is 4.50. The average Bonchev–Trinajstić information content (AvgIpc) is 2.97. The monoisotopic (exact) mass is 356 g/mol. The van der Waals surface area contributed by atoms with Crippen molar-refractivity contribution in [3.8, 4) is 0 Å². The second-order valence-corrected chi connectivity index (χ2v) is 6.36. The van der Waals surface area contributed by atoms with Crippen LogP contribution in [0, 0.1) is 11.7 Å². The first-order valence-electron chi connectivity index (χ1n) is 7.30. The summed E-state index contributed by atoms with van der Waals surface area (Å²) < 4.78 is 13.6. The highest BCUT2D eigenvalue weighted by Gasteiger charge is 2.22. The molecule has 2 heterocycles. The lowest BCUT2D eigenvalue weighted by Gasteiger charge is -2.21. The number of carbonyl (C=O) groups is 1. The maximum atomic E-state index is 13.6. The fourth-order valence-corrected chi connectivity index (χ4v) is 3.23. The minimum absolute atomic E-state index is 0. The maximum Gasteiger partial charge on any atom is 0.230 e. The normalized spacial score (nSPS) is 17.3. The molecule has 1 aliphatic rings. The summed E-state index contributed by atoms with van der Waals surface area (Å²) in [4.78, 5) is 12.1. The molecule has 1 atom stereocenters. The Morgan fingerprint density at radius 2 is 2.22 bits per heavy atom. The van der Waals surface area contributed by atoms with E-state index in [1.54, 1.807) is 18.2 Å². The second kappa shape index (κ2) is 8.33. The van der Waals surface area contributed by atoms with Gasteiger partial charge in [0.25, 0.3) is 0 Å². The van der Waals surface area contributed by atoms with Crippen molar-refractivity contribution in [3.63, 3.8) is 0 Å². The molecule has 1 fully saturated rings. The molecule has 2 N–H and O–H groups in total. The summed E-state index contributed by atoms with van der Waals surface area (Å²) in [5, 5.41) is 15.2. The Morgan fingerprint density at radius 3 is 2.96 bits per heavy atom. The first-order chi connectivity index (χ1) is 10.7. The van der Waals surface area contributed by atoms with E-state index in [0.29, 0.717) is 28.7 Å². The zero-order valence-electron chi connectivity index (χ0n) is 12.4. The average molecular weight is 357 g/mol. The number of hydrogen-bond donors (Lipinski definition) is 2. The Hall–Kier alpha value is -1.57. The summed E-state index contributed by atoms with van der Waals surface area (Å²) in [6, 6.07) is 6.60. The van der Waals surface area contributed by atoms with Crippen LogP contribution in [0.1, 0.15) is 23.4 Å². The molecule has 1 aliphatic heterocycles. The van der Waals surface area contributed by atoms with E-state index >= 15 is 0 Å². The van der Waals surface area contributed by atoms with E-state index in [1.807, 2.05) is 0 Å². The van der Waals surface area contributed by atoms with Crippen molar-refractivity contribution in [2.45, 2.75) is 19.3 Å². The fourth-order valence-electron chi connectivity index (χ4n) is 2.46. The molecule has 1 aromatic heterocycles. The van der Waals surface area contributed by atoms with E-state index in [0.717, 1.165) is 19.4 Å². The molecule has 0 radical (unpaired) electrons. The van der Waals surface area contributed by atoms with E-state index < -0.39 is 0 Å². The van der Waals surface area contributed by atoms with Crippen LogP contribution in [0.3, 0.4) is 0 Å². The van der Waals surface area contributed by atoms with Gasteiger partial charge in [-0.25, -0.2) is 4.39 Å². The van der Waals surface area contributed by atoms with Gasteiger partial charge in [0.05, 0.1) is 5.92 Å². The molecule has 1 saturated heterocycles. The lowest BCUT2D eigenvalue weighted by molar-refractivity contribution is -0.120. The molecule has 1 aromatic carbocycles. The van der Waals surface area contributed by atoms with Crippen LogP contribution < -0.4 is 10.6 Å². The Balaban J connectivity index is 0.00000192. The number of aromatic nitrogens is 2. The molecule has 3 rings (SSSR count). The van der Waals surface area contributed by atoms with Crippen LogP contribution in [0.15, 0.2) is 24.3 Å². The van der Waals surface area contributed by atoms with Gasteiger partial charge in [-0.3, -0.25) is 4.79 Å². The quantitative estimate of drug-likeness (QED) is 0.883. The van der Waals surface area contributed by atoms with E-state index in [2.05, 4.69) is 20.8 Å². The van der Waals surface area contributed by atoms with Crippen molar-refractivity contribution in [1.82, 2.24) is 15.5 Å². The van der Waals surface area contributed by atoms with Gasteiger partial charge in [-0.2, -0.15) is 0 Å². The number of carbonyl (C=O) groups excluding carboxylic acids is 1. The van der Waals surface area contributed by atoms with E-state index in [4.69, 9.17) is 0 Å². The number of nitrogens with zero attached hydrogens (tertiary/aromatic N) is 2. The molecule has 0 spiro atoms. The lowest BCUT2D eigenvalue weighted by atomic mass is 9.99. The largest absolute Gasteiger partial charge is 0.316 e. The molecule has 0 bridgehead atoms. The summed E-state index contributed by atoms with van der Waals surface area (Å²) in [6.45, 7) is 1.67. The van der Waals surface area contributed by atoms with Crippen LogP contribution in [0.4, 0.5) is 9.52 Å². The molecular weight excluding hydrogens is 339 g/mol. The van der Waals surface area contributed by atoms with Crippen molar-refractivity contribution in [3.05, 3.63) is 40.7 Å². The summed E-state index contributed by atoms with van der Waals surface area (Å²) in [6.07, 6.45) is 2.28. The molecule has 5 nitrogen and oxygen atoms in total. The summed E-state index contributed by atoms with van der Waals surface area (Å²) in [5.41, 5.74) is 0.577. The molecule has 2 aromatic rings. The number of rotatable bonds is 4. The van der Waals surface area contributed by atoms with Gasteiger partial charge >= 0.3 is 0 Å². The van der Waals surface area contributed by atoms with Crippen LogP contribution in [-0.4, -0.2) is 29.2 Å². The van der Waals surface area contributed by atoms with Gasteiger partial charge in [-0.15, -0.1) is 22.6 Å². The third kappa shape index (κ3) is 4.70. The highest BCUT2D eigenvalue weighted by atomic mass is 35.5. The van der Waals surface area contributed by atoms with E-state index in [9.17, 15) is 9.18 Å². The molecule has 0 saturated carbocycles. The molecule has 1 unspecified atom stereocenters. The zero-order chi connectivity index (χ0) is 15.4. The van der Waals surface area contributed by atoms with Crippen molar-refractivity contribution in [2.75, 3.05) is 18.4 Å². The summed E-state index contributed by atoms with van der Waals surface area (Å²) >= 11 is 1.29. The van der Waals surface area contributed by atoms with Crippen LogP contribution >= 0.6 is 23.7 Å². The molecule has 23 heavy (non-hydrogen) atoms. The van der Waals surface area contributed by atoms with Gasteiger partial charge in [-0.1, -0.05) is 29.5 Å².